The Morgan fingerprint density at radius 2 is 1.78 bits per heavy atom. The van der Waals surface area contributed by atoms with E-state index in [1.165, 1.54) is 45.2 Å². The van der Waals surface area contributed by atoms with Crippen molar-refractivity contribution in [1.82, 2.24) is 5.32 Å². The normalized spacial score (nSPS) is 27.2. The highest BCUT2D eigenvalue weighted by molar-refractivity contribution is 7.99. The molecule has 1 aliphatic rings. The lowest BCUT2D eigenvalue weighted by molar-refractivity contribution is 0.149. The van der Waals surface area contributed by atoms with Crippen LogP contribution in [0.3, 0.4) is 0 Å². The van der Waals surface area contributed by atoms with E-state index in [4.69, 9.17) is 0 Å². The Kier molecular flexibility index (Phi) is 7.08. The van der Waals surface area contributed by atoms with Gasteiger partial charge in [0, 0.05) is 5.25 Å². The zero-order chi connectivity index (χ0) is 13.6. The minimum absolute atomic E-state index is 0.520. The second kappa shape index (κ2) is 7.79. The van der Waals surface area contributed by atoms with E-state index in [2.05, 4.69) is 39.3 Å². The van der Waals surface area contributed by atoms with Gasteiger partial charge in [-0.2, -0.15) is 11.8 Å². The Morgan fingerprint density at radius 3 is 2.28 bits per heavy atom. The lowest BCUT2D eigenvalue weighted by Gasteiger charge is -2.37. The Bertz CT molecular complexity index is 214. The van der Waals surface area contributed by atoms with Crippen LogP contribution < -0.4 is 5.32 Å². The fourth-order valence-electron chi connectivity index (χ4n) is 2.96. The maximum atomic E-state index is 3.66. The van der Waals surface area contributed by atoms with Crippen LogP contribution in [0.1, 0.15) is 59.8 Å². The molecule has 1 atom stereocenters. The molecule has 0 aromatic rings. The molecule has 0 aromatic heterocycles. The molecule has 0 amide bonds. The van der Waals surface area contributed by atoms with Crippen molar-refractivity contribution < 1.29 is 0 Å². The SMILES string of the molecule is CSC(C)CCNCC1CCC(C(C)(C)C)CC1. The van der Waals surface area contributed by atoms with Gasteiger partial charge >= 0.3 is 0 Å². The summed E-state index contributed by atoms with van der Waals surface area (Å²) < 4.78 is 0. The van der Waals surface area contributed by atoms with Crippen LogP contribution in [0, 0.1) is 17.3 Å². The third-order valence-corrected chi connectivity index (χ3v) is 5.67. The smallest absolute Gasteiger partial charge is 0.00280 e. The molecule has 1 nitrogen and oxygen atoms in total. The van der Waals surface area contributed by atoms with Gasteiger partial charge in [-0.25, -0.2) is 0 Å². The first-order valence-corrected chi connectivity index (χ1v) is 8.95. The highest BCUT2D eigenvalue weighted by Crippen LogP contribution is 2.39. The molecule has 0 aliphatic heterocycles. The predicted molar refractivity (Wildman–Crippen MR) is 85.4 cm³/mol. The predicted octanol–water partition coefficient (Wildman–Crippen LogP) is 4.57. The highest BCUT2D eigenvalue weighted by Gasteiger charge is 2.29. The van der Waals surface area contributed by atoms with Crippen LogP contribution in [-0.2, 0) is 0 Å². The summed E-state index contributed by atoms with van der Waals surface area (Å²) in [7, 11) is 0. The fourth-order valence-corrected chi connectivity index (χ4v) is 3.32. The molecule has 0 spiro atoms. The maximum Gasteiger partial charge on any atom is 0.00280 e. The molecule has 0 heterocycles. The largest absolute Gasteiger partial charge is 0.316 e. The number of nitrogens with one attached hydrogen (secondary N) is 1. The van der Waals surface area contributed by atoms with Gasteiger partial charge in [0.15, 0.2) is 0 Å². The Hall–Kier alpha value is 0.310. The third-order valence-electron chi connectivity index (χ3n) is 4.63. The van der Waals surface area contributed by atoms with Crippen molar-refractivity contribution >= 4 is 11.8 Å². The van der Waals surface area contributed by atoms with Gasteiger partial charge in [0.05, 0.1) is 0 Å². The molecule has 1 saturated carbocycles. The summed E-state index contributed by atoms with van der Waals surface area (Å²) in [6.07, 6.45) is 9.27. The molecule has 0 radical (unpaired) electrons. The van der Waals surface area contributed by atoms with E-state index in [-0.39, 0.29) is 0 Å². The summed E-state index contributed by atoms with van der Waals surface area (Å²) in [5.41, 5.74) is 0.520. The van der Waals surface area contributed by atoms with Gasteiger partial charge in [-0.3, -0.25) is 0 Å². The summed E-state index contributed by atoms with van der Waals surface area (Å²) in [4.78, 5) is 0. The van der Waals surface area contributed by atoms with Crippen molar-refractivity contribution in [1.29, 1.82) is 0 Å². The number of hydrogen-bond acceptors (Lipinski definition) is 2. The van der Waals surface area contributed by atoms with E-state index < -0.39 is 0 Å². The van der Waals surface area contributed by atoms with E-state index in [0.29, 0.717) is 5.41 Å². The van der Waals surface area contributed by atoms with Crippen LogP contribution in [0.25, 0.3) is 0 Å². The Morgan fingerprint density at radius 1 is 1.17 bits per heavy atom. The quantitative estimate of drug-likeness (QED) is 0.710. The first kappa shape index (κ1) is 16.4. The molecule has 18 heavy (non-hydrogen) atoms. The van der Waals surface area contributed by atoms with Crippen LogP contribution >= 0.6 is 11.8 Å². The van der Waals surface area contributed by atoms with E-state index in [1.807, 2.05) is 11.8 Å². The van der Waals surface area contributed by atoms with E-state index in [9.17, 15) is 0 Å². The first-order valence-electron chi connectivity index (χ1n) is 7.67. The minimum atomic E-state index is 0.520. The molecular weight excluding hydrogens is 238 g/mol. The Balaban J connectivity index is 2.09. The molecule has 108 valence electrons. The van der Waals surface area contributed by atoms with Crippen molar-refractivity contribution in [2.75, 3.05) is 19.3 Å². The number of rotatable bonds is 6. The van der Waals surface area contributed by atoms with Crippen molar-refractivity contribution in [3.8, 4) is 0 Å². The molecule has 2 heteroatoms. The summed E-state index contributed by atoms with van der Waals surface area (Å²) in [5.74, 6) is 1.89. The summed E-state index contributed by atoms with van der Waals surface area (Å²) in [6, 6.07) is 0. The van der Waals surface area contributed by atoms with Gasteiger partial charge < -0.3 is 5.32 Å². The fraction of sp³-hybridized carbons (Fsp3) is 1.00. The average molecular weight is 272 g/mol. The summed E-state index contributed by atoms with van der Waals surface area (Å²) >= 11 is 1.97. The zero-order valence-electron chi connectivity index (χ0n) is 13.1. The van der Waals surface area contributed by atoms with Crippen molar-refractivity contribution in [3.05, 3.63) is 0 Å². The van der Waals surface area contributed by atoms with Gasteiger partial charge in [-0.1, -0.05) is 27.7 Å². The molecule has 1 fully saturated rings. The molecular formula is C16H33NS. The van der Waals surface area contributed by atoms with Gasteiger partial charge in [0.25, 0.3) is 0 Å². The van der Waals surface area contributed by atoms with Crippen molar-refractivity contribution in [3.63, 3.8) is 0 Å². The summed E-state index contributed by atoms with van der Waals surface area (Å²) in [5, 5.41) is 4.46. The third kappa shape index (κ3) is 5.97. The number of hydrogen-bond donors (Lipinski definition) is 1. The van der Waals surface area contributed by atoms with Crippen LogP contribution in [0.15, 0.2) is 0 Å². The van der Waals surface area contributed by atoms with Crippen LogP contribution in [-0.4, -0.2) is 24.6 Å². The van der Waals surface area contributed by atoms with Crippen LogP contribution in [0.4, 0.5) is 0 Å². The van der Waals surface area contributed by atoms with Gasteiger partial charge in [0.2, 0.25) is 0 Å². The van der Waals surface area contributed by atoms with Crippen molar-refractivity contribution in [2.24, 2.45) is 17.3 Å². The minimum Gasteiger partial charge on any atom is -0.316 e. The second-order valence-corrected chi connectivity index (χ2v) is 8.40. The molecule has 1 aliphatic carbocycles. The average Bonchev–Trinajstić information content (AvgIpc) is 2.33. The molecule has 0 bridgehead atoms. The maximum absolute atomic E-state index is 3.66. The molecule has 0 saturated heterocycles. The standard InChI is InChI=1S/C16H33NS/c1-13(18-5)10-11-17-12-14-6-8-15(9-7-14)16(2,3)4/h13-15,17H,6-12H2,1-5H3. The zero-order valence-corrected chi connectivity index (χ0v) is 13.9. The van der Waals surface area contributed by atoms with Gasteiger partial charge in [-0.05, 0) is 68.7 Å². The van der Waals surface area contributed by atoms with E-state index in [0.717, 1.165) is 17.1 Å². The lowest BCUT2D eigenvalue weighted by atomic mass is 9.70. The highest BCUT2D eigenvalue weighted by atomic mass is 32.2. The Labute approximate surface area is 119 Å². The van der Waals surface area contributed by atoms with Crippen LogP contribution in [0.5, 0.6) is 0 Å². The van der Waals surface area contributed by atoms with Crippen molar-refractivity contribution in [2.45, 2.75) is 65.0 Å². The van der Waals surface area contributed by atoms with E-state index >= 15 is 0 Å². The van der Waals surface area contributed by atoms with Gasteiger partial charge in [-0.15, -0.1) is 0 Å². The van der Waals surface area contributed by atoms with E-state index in [1.54, 1.807) is 0 Å². The monoisotopic (exact) mass is 271 g/mol. The topological polar surface area (TPSA) is 12.0 Å². The van der Waals surface area contributed by atoms with Crippen LogP contribution in [0.2, 0.25) is 0 Å². The molecule has 1 unspecified atom stereocenters. The second-order valence-electron chi connectivity index (χ2n) is 7.12. The summed E-state index contributed by atoms with van der Waals surface area (Å²) in [6.45, 7) is 12.0. The molecule has 0 aromatic carbocycles. The van der Waals surface area contributed by atoms with Gasteiger partial charge in [0.1, 0.15) is 0 Å². The lowest BCUT2D eigenvalue weighted by Crippen LogP contribution is -2.31. The molecule has 1 rings (SSSR count). The first-order chi connectivity index (χ1) is 8.43. The number of thioether (sulfide) groups is 1. The molecule has 1 N–H and O–H groups in total.